The van der Waals surface area contributed by atoms with E-state index in [1.54, 1.807) is 7.11 Å². The van der Waals surface area contributed by atoms with Crippen LogP contribution in [0.5, 0.6) is 0 Å². The molecule has 2 aromatic rings. The number of ether oxygens (including phenoxy) is 1. The van der Waals surface area contributed by atoms with Crippen LogP contribution in [0.3, 0.4) is 0 Å². The predicted molar refractivity (Wildman–Crippen MR) is 82.9 cm³/mol. The maximum Gasteiger partial charge on any atom is 0.230 e. The first kappa shape index (κ1) is 16.1. The van der Waals surface area contributed by atoms with Gasteiger partial charge in [0, 0.05) is 44.5 Å². The highest BCUT2D eigenvalue weighted by molar-refractivity contribution is 5.05. The van der Waals surface area contributed by atoms with Crippen molar-refractivity contribution < 1.29 is 13.7 Å². The van der Waals surface area contributed by atoms with Crippen molar-refractivity contribution in [1.29, 1.82) is 0 Å². The zero-order chi connectivity index (χ0) is 16.4. The lowest BCUT2D eigenvalue weighted by molar-refractivity contribution is 0.0757. The van der Waals surface area contributed by atoms with Gasteiger partial charge >= 0.3 is 0 Å². The maximum absolute atomic E-state index is 5.70. The first-order valence-corrected chi connectivity index (χ1v) is 8.04. The summed E-state index contributed by atoms with van der Waals surface area (Å²) in [6, 6.07) is 1.99. The fourth-order valence-electron chi connectivity index (χ4n) is 3.05. The first-order chi connectivity index (χ1) is 11.0. The number of rotatable bonds is 6. The smallest absolute Gasteiger partial charge is 0.230 e. The highest BCUT2D eigenvalue weighted by atomic mass is 16.5. The van der Waals surface area contributed by atoms with E-state index in [9.17, 15) is 0 Å². The van der Waals surface area contributed by atoms with E-state index < -0.39 is 0 Å². The second-order valence-electron chi connectivity index (χ2n) is 6.56. The minimum Gasteiger partial charge on any atom is -0.424 e. The van der Waals surface area contributed by atoms with Crippen molar-refractivity contribution in [2.45, 2.75) is 45.8 Å². The molecule has 2 atom stereocenters. The van der Waals surface area contributed by atoms with E-state index in [-0.39, 0.29) is 12.0 Å². The molecular weight excluding hydrogens is 296 g/mol. The van der Waals surface area contributed by atoms with Gasteiger partial charge in [-0.15, -0.1) is 10.2 Å². The lowest BCUT2D eigenvalue weighted by Crippen LogP contribution is -2.23. The summed E-state index contributed by atoms with van der Waals surface area (Å²) in [7, 11) is 1.76. The second kappa shape index (κ2) is 6.80. The van der Waals surface area contributed by atoms with E-state index in [4.69, 9.17) is 13.7 Å². The van der Waals surface area contributed by atoms with Crippen molar-refractivity contribution in [1.82, 2.24) is 20.3 Å². The molecule has 7 heteroatoms. The van der Waals surface area contributed by atoms with E-state index in [1.165, 1.54) is 0 Å². The Morgan fingerprint density at radius 1 is 1.35 bits per heavy atom. The summed E-state index contributed by atoms with van der Waals surface area (Å²) >= 11 is 0. The summed E-state index contributed by atoms with van der Waals surface area (Å²) in [6.07, 6.45) is 1.00. The van der Waals surface area contributed by atoms with Crippen molar-refractivity contribution in [2.75, 3.05) is 20.2 Å². The number of aromatic nitrogens is 3. The van der Waals surface area contributed by atoms with Gasteiger partial charge in [-0.05, 0) is 6.92 Å². The lowest BCUT2D eigenvalue weighted by Gasteiger charge is -2.14. The number of nitrogens with zero attached hydrogens (tertiary/aromatic N) is 4. The van der Waals surface area contributed by atoms with Gasteiger partial charge in [-0.3, -0.25) is 4.90 Å². The topological polar surface area (TPSA) is 77.4 Å². The SMILES string of the molecule is CO[C@H]1CN(Cc2nnc(C(C)C)o2)C[C@H]1Cc1cc(C)no1. The summed E-state index contributed by atoms with van der Waals surface area (Å²) in [5.41, 5.74) is 0.913. The summed E-state index contributed by atoms with van der Waals surface area (Å²) in [5, 5.41) is 12.2. The number of hydrogen-bond acceptors (Lipinski definition) is 7. The fraction of sp³-hybridized carbons (Fsp3) is 0.688. The summed E-state index contributed by atoms with van der Waals surface area (Å²) in [6.45, 7) is 8.45. The lowest BCUT2D eigenvalue weighted by atomic mass is 10.0. The molecule has 3 heterocycles. The number of methoxy groups -OCH3 is 1. The minimum absolute atomic E-state index is 0.174. The standard InChI is InChI=1S/C16H24N4O3/c1-10(2)16-18-17-15(22-16)9-20-7-12(14(8-20)21-4)6-13-5-11(3)19-23-13/h5,10,12,14H,6-9H2,1-4H3/t12-,14+/m1/s1. The molecule has 0 saturated carbocycles. The van der Waals surface area contributed by atoms with Crippen LogP contribution in [0, 0.1) is 12.8 Å². The van der Waals surface area contributed by atoms with Gasteiger partial charge in [-0.2, -0.15) is 0 Å². The van der Waals surface area contributed by atoms with Crippen LogP contribution in [-0.4, -0.2) is 46.6 Å². The van der Waals surface area contributed by atoms with Gasteiger partial charge in [0.2, 0.25) is 11.8 Å². The summed E-state index contributed by atoms with van der Waals surface area (Å²) < 4.78 is 16.7. The van der Waals surface area contributed by atoms with Crippen LogP contribution in [0.1, 0.15) is 43.0 Å². The molecule has 0 bridgehead atoms. The van der Waals surface area contributed by atoms with Crippen LogP contribution in [0.4, 0.5) is 0 Å². The number of aryl methyl sites for hydroxylation is 1. The van der Waals surface area contributed by atoms with Crippen LogP contribution in [-0.2, 0) is 17.7 Å². The third kappa shape index (κ3) is 3.79. The molecule has 126 valence electrons. The predicted octanol–water partition coefficient (Wildman–Crippen LogP) is 2.18. The zero-order valence-corrected chi connectivity index (χ0v) is 14.2. The molecule has 3 rings (SSSR count). The van der Waals surface area contributed by atoms with E-state index >= 15 is 0 Å². The molecule has 1 fully saturated rings. The van der Waals surface area contributed by atoms with Crippen LogP contribution in [0.2, 0.25) is 0 Å². The van der Waals surface area contributed by atoms with Crippen LogP contribution < -0.4 is 0 Å². The van der Waals surface area contributed by atoms with Crippen molar-refractivity contribution >= 4 is 0 Å². The van der Waals surface area contributed by atoms with E-state index in [1.807, 2.05) is 26.8 Å². The minimum atomic E-state index is 0.174. The second-order valence-corrected chi connectivity index (χ2v) is 6.56. The molecule has 0 aliphatic carbocycles. The Bertz CT molecular complexity index is 637. The molecule has 23 heavy (non-hydrogen) atoms. The van der Waals surface area contributed by atoms with Gasteiger partial charge in [-0.25, -0.2) is 0 Å². The molecule has 0 spiro atoms. The van der Waals surface area contributed by atoms with Gasteiger partial charge in [0.1, 0.15) is 5.76 Å². The number of likely N-dealkylation sites (tertiary alicyclic amines) is 1. The van der Waals surface area contributed by atoms with Crippen LogP contribution in [0.15, 0.2) is 15.0 Å². The van der Waals surface area contributed by atoms with Gasteiger partial charge < -0.3 is 13.7 Å². The number of hydrogen-bond donors (Lipinski definition) is 0. The molecule has 0 unspecified atom stereocenters. The van der Waals surface area contributed by atoms with Gasteiger partial charge in [0.05, 0.1) is 18.3 Å². The molecule has 0 N–H and O–H groups in total. The summed E-state index contributed by atoms with van der Waals surface area (Å²) in [4.78, 5) is 2.29. The van der Waals surface area contributed by atoms with Gasteiger partial charge in [0.15, 0.2) is 0 Å². The molecule has 1 aliphatic heterocycles. The quantitative estimate of drug-likeness (QED) is 0.807. The van der Waals surface area contributed by atoms with Crippen LogP contribution >= 0.6 is 0 Å². The third-order valence-corrected chi connectivity index (χ3v) is 4.23. The van der Waals surface area contributed by atoms with Crippen molar-refractivity contribution in [3.05, 3.63) is 29.3 Å². The fourth-order valence-corrected chi connectivity index (χ4v) is 3.05. The molecule has 1 aliphatic rings. The van der Waals surface area contributed by atoms with E-state index in [0.717, 1.165) is 31.0 Å². The van der Waals surface area contributed by atoms with Crippen LogP contribution in [0.25, 0.3) is 0 Å². The summed E-state index contributed by atoms with van der Waals surface area (Å²) in [5.74, 6) is 2.90. The average Bonchev–Trinajstić information content (AvgIpc) is 3.21. The average molecular weight is 320 g/mol. The Hall–Kier alpha value is -1.73. The Morgan fingerprint density at radius 2 is 2.17 bits per heavy atom. The Kier molecular flexibility index (Phi) is 4.77. The normalized spacial score (nSPS) is 22.3. The Morgan fingerprint density at radius 3 is 2.78 bits per heavy atom. The Labute approximate surface area is 136 Å². The zero-order valence-electron chi connectivity index (χ0n) is 14.2. The highest BCUT2D eigenvalue weighted by Crippen LogP contribution is 2.25. The molecule has 7 nitrogen and oxygen atoms in total. The molecule has 2 aromatic heterocycles. The van der Waals surface area contributed by atoms with E-state index in [2.05, 4.69) is 20.3 Å². The molecule has 0 amide bonds. The van der Waals surface area contributed by atoms with Crippen molar-refractivity contribution in [2.24, 2.45) is 5.92 Å². The van der Waals surface area contributed by atoms with Gasteiger partial charge in [-0.1, -0.05) is 19.0 Å². The third-order valence-electron chi connectivity index (χ3n) is 4.23. The molecule has 0 aromatic carbocycles. The van der Waals surface area contributed by atoms with Crippen molar-refractivity contribution in [3.63, 3.8) is 0 Å². The largest absolute Gasteiger partial charge is 0.424 e. The van der Waals surface area contributed by atoms with Crippen molar-refractivity contribution in [3.8, 4) is 0 Å². The maximum atomic E-state index is 5.70. The monoisotopic (exact) mass is 320 g/mol. The molecular formula is C16H24N4O3. The molecule has 0 radical (unpaired) electrons. The first-order valence-electron chi connectivity index (χ1n) is 8.04. The van der Waals surface area contributed by atoms with E-state index in [0.29, 0.717) is 24.2 Å². The molecule has 1 saturated heterocycles. The Balaban J connectivity index is 1.61. The highest BCUT2D eigenvalue weighted by Gasteiger charge is 2.34. The van der Waals surface area contributed by atoms with Gasteiger partial charge in [0.25, 0.3) is 0 Å².